The van der Waals surface area contributed by atoms with Gasteiger partial charge in [-0.1, -0.05) is 25.0 Å². The summed E-state index contributed by atoms with van der Waals surface area (Å²) in [7, 11) is 1.74. The summed E-state index contributed by atoms with van der Waals surface area (Å²) in [5.41, 5.74) is 1.43. The first-order valence-corrected chi connectivity index (χ1v) is 9.59. The van der Waals surface area contributed by atoms with Gasteiger partial charge in [-0.2, -0.15) is 11.8 Å². The van der Waals surface area contributed by atoms with Crippen LogP contribution >= 0.6 is 11.8 Å². The number of methoxy groups -OCH3 is 1. The summed E-state index contributed by atoms with van der Waals surface area (Å²) in [6.07, 6.45) is 10.2. The third-order valence-electron chi connectivity index (χ3n) is 4.41. The summed E-state index contributed by atoms with van der Waals surface area (Å²) in [5.74, 6) is 3.02. The zero-order chi connectivity index (χ0) is 14.9. The molecule has 2 rings (SSSR count). The first-order chi connectivity index (χ1) is 10.3. The van der Waals surface area contributed by atoms with Crippen molar-refractivity contribution in [2.45, 2.75) is 50.5 Å². The van der Waals surface area contributed by atoms with Crippen molar-refractivity contribution in [2.75, 3.05) is 25.7 Å². The van der Waals surface area contributed by atoms with E-state index in [1.165, 1.54) is 56.4 Å². The highest BCUT2D eigenvalue weighted by Gasteiger charge is 2.29. The summed E-state index contributed by atoms with van der Waals surface area (Å²) >= 11 is 1.96. The number of ether oxygens (including phenoxy) is 1. The molecule has 0 amide bonds. The Labute approximate surface area is 134 Å². The van der Waals surface area contributed by atoms with Crippen LogP contribution in [-0.2, 0) is 0 Å². The van der Waals surface area contributed by atoms with Crippen LogP contribution in [0.1, 0.15) is 50.0 Å². The fourth-order valence-corrected chi connectivity index (χ4v) is 3.48. The van der Waals surface area contributed by atoms with E-state index in [9.17, 15) is 0 Å². The maximum atomic E-state index is 5.30. The summed E-state index contributed by atoms with van der Waals surface area (Å²) in [6.45, 7) is 1.19. The van der Waals surface area contributed by atoms with Gasteiger partial charge in [0.1, 0.15) is 5.75 Å². The van der Waals surface area contributed by atoms with Crippen LogP contribution in [0.25, 0.3) is 0 Å². The third-order valence-corrected chi connectivity index (χ3v) is 5.11. The SMILES string of the molecule is COc1cccc(C2CC(NCCCCCCSC)C2)c1. The molecule has 0 atom stereocenters. The maximum absolute atomic E-state index is 5.30. The lowest BCUT2D eigenvalue weighted by Gasteiger charge is -2.36. The number of hydrogen-bond acceptors (Lipinski definition) is 3. The molecule has 1 aromatic carbocycles. The van der Waals surface area contributed by atoms with Gasteiger partial charge in [0.05, 0.1) is 7.11 Å². The van der Waals surface area contributed by atoms with Crippen molar-refractivity contribution in [3.63, 3.8) is 0 Å². The zero-order valence-corrected chi connectivity index (χ0v) is 14.3. The normalized spacial score (nSPS) is 21.0. The van der Waals surface area contributed by atoms with Gasteiger partial charge in [0.2, 0.25) is 0 Å². The highest BCUT2D eigenvalue weighted by Crippen LogP contribution is 2.37. The Balaban J connectivity index is 1.55. The molecule has 1 N–H and O–H groups in total. The van der Waals surface area contributed by atoms with Gasteiger partial charge in [-0.25, -0.2) is 0 Å². The van der Waals surface area contributed by atoms with Crippen molar-refractivity contribution < 1.29 is 4.74 Å². The Hall–Kier alpha value is -0.670. The molecule has 0 aliphatic heterocycles. The fraction of sp³-hybridized carbons (Fsp3) is 0.667. The predicted molar refractivity (Wildman–Crippen MR) is 93.6 cm³/mol. The topological polar surface area (TPSA) is 21.3 Å². The molecule has 1 aliphatic rings. The van der Waals surface area contributed by atoms with Gasteiger partial charge in [0, 0.05) is 6.04 Å². The van der Waals surface area contributed by atoms with Crippen LogP contribution in [0.4, 0.5) is 0 Å². The van der Waals surface area contributed by atoms with Crippen LogP contribution < -0.4 is 10.1 Å². The summed E-state index contributed by atoms with van der Waals surface area (Å²) in [6, 6.07) is 9.27. The van der Waals surface area contributed by atoms with Crippen LogP contribution in [-0.4, -0.2) is 31.7 Å². The highest BCUT2D eigenvalue weighted by molar-refractivity contribution is 7.98. The fourth-order valence-electron chi connectivity index (χ4n) is 2.98. The van der Waals surface area contributed by atoms with E-state index >= 15 is 0 Å². The average Bonchev–Trinajstić information content (AvgIpc) is 2.48. The summed E-state index contributed by atoms with van der Waals surface area (Å²) in [5, 5.41) is 3.70. The Kier molecular flexibility index (Phi) is 7.45. The van der Waals surface area contributed by atoms with E-state index in [-0.39, 0.29) is 0 Å². The van der Waals surface area contributed by atoms with Crippen molar-refractivity contribution in [1.82, 2.24) is 5.32 Å². The van der Waals surface area contributed by atoms with Crippen LogP contribution in [0.2, 0.25) is 0 Å². The molecule has 0 aromatic heterocycles. The number of nitrogens with one attached hydrogen (secondary N) is 1. The molecular weight excluding hydrogens is 278 g/mol. The van der Waals surface area contributed by atoms with Crippen LogP contribution in [0, 0.1) is 0 Å². The van der Waals surface area contributed by atoms with Crippen molar-refractivity contribution in [2.24, 2.45) is 0 Å². The van der Waals surface area contributed by atoms with Gasteiger partial charge in [0.15, 0.2) is 0 Å². The molecule has 1 aromatic rings. The monoisotopic (exact) mass is 307 g/mol. The maximum Gasteiger partial charge on any atom is 0.119 e. The molecule has 0 spiro atoms. The molecule has 0 unspecified atom stereocenters. The van der Waals surface area contributed by atoms with Gasteiger partial charge >= 0.3 is 0 Å². The largest absolute Gasteiger partial charge is 0.497 e. The minimum absolute atomic E-state index is 0.721. The van der Waals surface area contributed by atoms with E-state index in [0.29, 0.717) is 0 Å². The molecule has 1 fully saturated rings. The first-order valence-electron chi connectivity index (χ1n) is 8.19. The Bertz CT molecular complexity index is 404. The minimum atomic E-state index is 0.721. The molecule has 1 aliphatic carbocycles. The standard InChI is InChI=1S/C18H29NOS/c1-20-18-9-7-8-15(14-18)16-12-17(13-16)19-10-5-3-4-6-11-21-2/h7-9,14,16-17,19H,3-6,10-13H2,1-2H3. The van der Waals surface area contributed by atoms with E-state index < -0.39 is 0 Å². The van der Waals surface area contributed by atoms with Crippen LogP contribution in [0.5, 0.6) is 5.75 Å². The molecule has 0 bridgehead atoms. The molecular formula is C18H29NOS. The van der Waals surface area contributed by atoms with Gasteiger partial charge in [-0.15, -0.1) is 0 Å². The molecule has 0 radical (unpaired) electrons. The number of thioether (sulfide) groups is 1. The van der Waals surface area contributed by atoms with E-state index in [0.717, 1.165) is 17.7 Å². The Morgan fingerprint density at radius 2 is 2.00 bits per heavy atom. The predicted octanol–water partition coefficient (Wildman–Crippen LogP) is 4.45. The molecule has 21 heavy (non-hydrogen) atoms. The summed E-state index contributed by atoms with van der Waals surface area (Å²) < 4.78 is 5.30. The molecule has 0 heterocycles. The van der Waals surface area contributed by atoms with Crippen molar-refractivity contribution in [1.29, 1.82) is 0 Å². The van der Waals surface area contributed by atoms with Gasteiger partial charge in [0.25, 0.3) is 0 Å². The second-order valence-corrected chi connectivity index (χ2v) is 6.99. The van der Waals surface area contributed by atoms with E-state index in [1.807, 2.05) is 17.8 Å². The number of benzene rings is 1. The molecule has 1 saturated carbocycles. The van der Waals surface area contributed by atoms with Crippen molar-refractivity contribution >= 4 is 11.8 Å². The number of unbranched alkanes of at least 4 members (excludes halogenated alkanes) is 3. The van der Waals surface area contributed by atoms with E-state index in [4.69, 9.17) is 4.74 Å². The molecule has 118 valence electrons. The van der Waals surface area contributed by atoms with E-state index in [2.05, 4.69) is 29.8 Å². The molecule has 2 nitrogen and oxygen atoms in total. The average molecular weight is 308 g/mol. The Morgan fingerprint density at radius 3 is 2.76 bits per heavy atom. The second kappa shape index (κ2) is 9.37. The van der Waals surface area contributed by atoms with Gasteiger partial charge in [-0.05, 0) is 67.9 Å². The van der Waals surface area contributed by atoms with Crippen molar-refractivity contribution in [3.8, 4) is 5.75 Å². The Morgan fingerprint density at radius 1 is 1.19 bits per heavy atom. The quantitative estimate of drug-likeness (QED) is 0.645. The van der Waals surface area contributed by atoms with Gasteiger partial charge in [-0.3, -0.25) is 0 Å². The lowest BCUT2D eigenvalue weighted by Crippen LogP contribution is -2.40. The minimum Gasteiger partial charge on any atom is -0.497 e. The molecule has 3 heteroatoms. The molecule has 0 saturated heterocycles. The van der Waals surface area contributed by atoms with Crippen molar-refractivity contribution in [3.05, 3.63) is 29.8 Å². The van der Waals surface area contributed by atoms with Gasteiger partial charge < -0.3 is 10.1 Å². The lowest BCUT2D eigenvalue weighted by molar-refractivity contribution is 0.289. The number of rotatable bonds is 10. The van der Waals surface area contributed by atoms with Crippen LogP contribution in [0.15, 0.2) is 24.3 Å². The first kappa shape index (κ1) is 16.7. The highest BCUT2D eigenvalue weighted by atomic mass is 32.2. The zero-order valence-electron chi connectivity index (χ0n) is 13.4. The third kappa shape index (κ3) is 5.55. The second-order valence-electron chi connectivity index (χ2n) is 6.00. The number of hydrogen-bond donors (Lipinski definition) is 1. The smallest absolute Gasteiger partial charge is 0.119 e. The van der Waals surface area contributed by atoms with Crippen LogP contribution in [0.3, 0.4) is 0 Å². The summed E-state index contributed by atoms with van der Waals surface area (Å²) in [4.78, 5) is 0. The lowest BCUT2D eigenvalue weighted by atomic mass is 9.76. The van der Waals surface area contributed by atoms with E-state index in [1.54, 1.807) is 7.11 Å².